The monoisotopic (exact) mass is 592 g/mol. The molecule has 2 N–H and O–H groups in total. The lowest BCUT2D eigenvalue weighted by atomic mass is 9.69. The number of hydrogen-bond acceptors (Lipinski definition) is 6. The summed E-state index contributed by atoms with van der Waals surface area (Å²) in [7, 11) is 3.39. The lowest BCUT2D eigenvalue weighted by Crippen LogP contribution is -2.46. The van der Waals surface area contributed by atoms with E-state index in [0.717, 1.165) is 55.1 Å². The number of likely N-dealkylation sites (tertiary alicyclic amines) is 1. The molecule has 1 amide bonds. The van der Waals surface area contributed by atoms with E-state index >= 15 is 0 Å². The minimum absolute atomic E-state index is 0.0294. The summed E-state index contributed by atoms with van der Waals surface area (Å²) in [5, 5.41) is 19.9. The van der Waals surface area contributed by atoms with Crippen LogP contribution in [0.5, 0.6) is 23.0 Å². The molecule has 2 aliphatic rings. The van der Waals surface area contributed by atoms with Crippen LogP contribution >= 0.6 is 0 Å². The maximum Gasteiger partial charge on any atom is 0.254 e. The number of ether oxygens (including phenoxy) is 2. The van der Waals surface area contributed by atoms with E-state index in [4.69, 9.17) is 9.47 Å². The lowest BCUT2D eigenvalue weighted by molar-refractivity contribution is 0.0677. The zero-order valence-corrected chi connectivity index (χ0v) is 25.6. The van der Waals surface area contributed by atoms with Crippen LogP contribution in [0.25, 0.3) is 0 Å². The molecule has 4 aromatic carbocycles. The van der Waals surface area contributed by atoms with E-state index < -0.39 is 0 Å². The van der Waals surface area contributed by atoms with Crippen LogP contribution in [0.1, 0.15) is 64.0 Å². The fraction of sp³-hybridized carbons (Fsp3) is 0.324. The summed E-state index contributed by atoms with van der Waals surface area (Å²) in [6.07, 6.45) is 2.75. The second-order valence-electron chi connectivity index (χ2n) is 12.0. The van der Waals surface area contributed by atoms with Crippen molar-refractivity contribution in [3.05, 3.63) is 118 Å². The van der Waals surface area contributed by atoms with Gasteiger partial charge in [0.05, 0.1) is 20.3 Å². The molecule has 4 aromatic rings. The topological polar surface area (TPSA) is 82.5 Å². The third-order valence-corrected chi connectivity index (χ3v) is 9.50. The Morgan fingerprint density at radius 3 is 2.02 bits per heavy atom. The number of carbonyl (C=O) groups is 1. The molecule has 1 unspecified atom stereocenters. The fourth-order valence-electron chi connectivity index (χ4n) is 7.04. The molecule has 0 bridgehead atoms. The van der Waals surface area contributed by atoms with Crippen LogP contribution in [-0.4, -0.2) is 59.8 Å². The molecule has 1 fully saturated rings. The number of phenols is 2. The van der Waals surface area contributed by atoms with Gasteiger partial charge in [0.2, 0.25) is 0 Å². The molecule has 0 saturated carbocycles. The summed E-state index contributed by atoms with van der Waals surface area (Å²) < 4.78 is 10.9. The van der Waals surface area contributed by atoms with Gasteiger partial charge in [-0.05, 0) is 109 Å². The van der Waals surface area contributed by atoms with Gasteiger partial charge >= 0.3 is 0 Å². The molecule has 1 saturated heterocycles. The first-order valence-corrected chi connectivity index (χ1v) is 15.3. The second-order valence-corrected chi connectivity index (χ2v) is 12.0. The summed E-state index contributed by atoms with van der Waals surface area (Å²) in [5.41, 5.74) is 6.03. The van der Waals surface area contributed by atoms with Crippen LogP contribution < -0.4 is 9.47 Å². The van der Waals surface area contributed by atoms with E-state index in [1.165, 1.54) is 16.7 Å². The lowest BCUT2D eigenvalue weighted by Gasteiger charge is -2.44. The van der Waals surface area contributed by atoms with Crippen LogP contribution in [-0.2, 0) is 18.4 Å². The third kappa shape index (κ3) is 5.60. The predicted molar refractivity (Wildman–Crippen MR) is 171 cm³/mol. The number of fused-ring (bicyclic) bond motifs is 1. The van der Waals surface area contributed by atoms with Crippen molar-refractivity contribution in [3.63, 3.8) is 0 Å². The number of nitrogens with zero attached hydrogens (tertiary/aromatic N) is 2. The van der Waals surface area contributed by atoms with Crippen molar-refractivity contribution < 1.29 is 24.5 Å². The van der Waals surface area contributed by atoms with Gasteiger partial charge in [0, 0.05) is 30.6 Å². The van der Waals surface area contributed by atoms with Crippen molar-refractivity contribution in [1.82, 2.24) is 9.80 Å². The number of methoxy groups -OCH3 is 2. The van der Waals surface area contributed by atoms with E-state index in [2.05, 4.69) is 41.3 Å². The molecular weight excluding hydrogens is 552 g/mol. The van der Waals surface area contributed by atoms with Gasteiger partial charge in [0.15, 0.2) is 11.5 Å². The molecule has 228 valence electrons. The summed E-state index contributed by atoms with van der Waals surface area (Å²) >= 11 is 0. The number of phenolic OH excluding ortho intramolecular Hbond substituents is 2. The Labute approximate surface area is 259 Å². The van der Waals surface area contributed by atoms with Crippen molar-refractivity contribution in [1.29, 1.82) is 0 Å². The molecule has 2 aliphatic heterocycles. The van der Waals surface area contributed by atoms with Gasteiger partial charge < -0.3 is 24.6 Å². The highest BCUT2D eigenvalue weighted by Crippen LogP contribution is 2.42. The highest BCUT2D eigenvalue weighted by Gasteiger charge is 2.39. The first-order valence-electron chi connectivity index (χ1n) is 15.3. The zero-order valence-electron chi connectivity index (χ0n) is 25.6. The minimum Gasteiger partial charge on any atom is -0.504 e. The summed E-state index contributed by atoms with van der Waals surface area (Å²) in [4.78, 5) is 17.9. The number of hydrogen-bond donors (Lipinski definition) is 2. The van der Waals surface area contributed by atoms with Crippen LogP contribution in [0.15, 0.2) is 84.9 Å². The highest BCUT2D eigenvalue weighted by atomic mass is 16.5. The first kappa shape index (κ1) is 29.6. The Balaban J connectivity index is 1.20. The Bertz CT molecular complexity index is 1570. The number of benzene rings is 4. The average Bonchev–Trinajstić information content (AvgIpc) is 3.06. The van der Waals surface area contributed by atoms with Crippen LogP contribution in [0.4, 0.5) is 0 Å². The number of amides is 1. The maximum absolute atomic E-state index is 13.5. The zero-order chi connectivity index (χ0) is 30.8. The quantitative estimate of drug-likeness (QED) is 0.240. The number of carbonyl (C=O) groups excluding carboxylic acids is 1. The number of aromatic hydroxyl groups is 2. The van der Waals surface area contributed by atoms with Gasteiger partial charge in [-0.3, -0.25) is 9.69 Å². The van der Waals surface area contributed by atoms with Crippen LogP contribution in [0.2, 0.25) is 0 Å². The summed E-state index contributed by atoms with van der Waals surface area (Å²) in [6.45, 7) is 5.20. The normalized spacial score (nSPS) is 18.0. The smallest absolute Gasteiger partial charge is 0.254 e. The molecule has 6 rings (SSSR count). The molecule has 1 atom stereocenters. The molecule has 0 radical (unpaired) electrons. The molecule has 0 aromatic heterocycles. The van der Waals surface area contributed by atoms with Gasteiger partial charge in [0.1, 0.15) is 11.5 Å². The van der Waals surface area contributed by atoms with Crippen molar-refractivity contribution in [2.45, 2.75) is 44.2 Å². The van der Waals surface area contributed by atoms with Crippen LogP contribution in [0.3, 0.4) is 0 Å². The van der Waals surface area contributed by atoms with Crippen molar-refractivity contribution >= 4 is 5.91 Å². The van der Waals surface area contributed by atoms with Gasteiger partial charge in [-0.1, -0.05) is 36.4 Å². The van der Waals surface area contributed by atoms with Gasteiger partial charge in [-0.25, -0.2) is 0 Å². The average molecular weight is 593 g/mol. The van der Waals surface area contributed by atoms with E-state index in [1.54, 1.807) is 26.4 Å². The summed E-state index contributed by atoms with van der Waals surface area (Å²) in [6, 6.07) is 27.9. The molecule has 44 heavy (non-hydrogen) atoms. The summed E-state index contributed by atoms with van der Waals surface area (Å²) in [5.74, 6) is 1.39. The van der Waals surface area contributed by atoms with E-state index in [-0.39, 0.29) is 28.9 Å². The Morgan fingerprint density at radius 1 is 0.841 bits per heavy atom. The van der Waals surface area contributed by atoms with Gasteiger partial charge in [-0.15, -0.1) is 0 Å². The highest BCUT2D eigenvalue weighted by molar-refractivity contribution is 5.94. The molecule has 7 nitrogen and oxygen atoms in total. The molecule has 0 aliphatic carbocycles. The third-order valence-electron chi connectivity index (χ3n) is 9.50. The molecule has 7 heteroatoms. The van der Waals surface area contributed by atoms with Crippen molar-refractivity contribution in [2.75, 3.05) is 33.9 Å². The molecule has 2 heterocycles. The molecule has 0 spiro atoms. The molecular formula is C37H40N2O5. The van der Waals surface area contributed by atoms with E-state index in [1.807, 2.05) is 48.2 Å². The van der Waals surface area contributed by atoms with Gasteiger partial charge in [0.25, 0.3) is 5.91 Å². The van der Waals surface area contributed by atoms with Crippen LogP contribution in [0, 0.1) is 0 Å². The minimum atomic E-state index is -0.199. The second kappa shape index (κ2) is 12.2. The SMILES string of the molecule is COc1ccc(C2(c3ccc(OC)cc3)CCCN(Cc3ccc(C(=O)N4CCc5cc(O)c(O)cc5C4C)cc3)C2)cc1. The Hall–Kier alpha value is -4.49. The predicted octanol–water partition coefficient (Wildman–Crippen LogP) is 6.46. The largest absolute Gasteiger partial charge is 0.504 e. The number of rotatable bonds is 7. The Kier molecular flexibility index (Phi) is 8.23. The first-order chi connectivity index (χ1) is 21.3. The number of piperidine rings is 1. The van der Waals surface area contributed by atoms with Crippen molar-refractivity contribution in [3.8, 4) is 23.0 Å². The van der Waals surface area contributed by atoms with E-state index in [0.29, 0.717) is 18.5 Å². The fourth-order valence-corrected chi connectivity index (χ4v) is 7.04. The van der Waals surface area contributed by atoms with Gasteiger partial charge in [-0.2, -0.15) is 0 Å². The maximum atomic E-state index is 13.5. The van der Waals surface area contributed by atoms with Crippen molar-refractivity contribution in [2.24, 2.45) is 0 Å². The standard InChI is InChI=1S/C37H40N2O5/c1-25-33-22-35(41)34(40)21-28(33)17-20-39(25)36(42)27-7-5-26(6-8-27)23-38-19-4-18-37(24-38,29-9-13-31(43-2)14-10-29)30-11-15-32(44-3)16-12-30/h5-16,21-22,25,40-41H,4,17-20,23-24H2,1-3H3. The van der Waals surface area contributed by atoms with E-state index in [9.17, 15) is 15.0 Å². The Morgan fingerprint density at radius 2 is 1.43 bits per heavy atom.